The number of piperidine rings is 1. The van der Waals surface area contributed by atoms with Crippen molar-refractivity contribution in [1.29, 1.82) is 0 Å². The molecule has 0 saturated carbocycles. The van der Waals surface area contributed by atoms with E-state index < -0.39 is 11.6 Å². The number of nitrogens with zero attached hydrogens (tertiary/aromatic N) is 1. The number of ether oxygens (including phenoxy) is 1. The summed E-state index contributed by atoms with van der Waals surface area (Å²) in [5.74, 6) is -0.0881. The Morgan fingerprint density at radius 1 is 1.04 bits per heavy atom. The molecule has 2 heterocycles. The Labute approximate surface area is 158 Å². The summed E-state index contributed by atoms with van der Waals surface area (Å²) in [6.45, 7) is 1.02. The van der Waals surface area contributed by atoms with E-state index in [4.69, 9.17) is 4.74 Å². The summed E-state index contributed by atoms with van der Waals surface area (Å²) in [6.07, 6.45) is 0.503. The van der Waals surface area contributed by atoms with Crippen LogP contribution in [0, 0.1) is 0 Å². The number of carbonyl (C=O) groups is 2. The molecule has 0 bridgehead atoms. The van der Waals surface area contributed by atoms with Gasteiger partial charge in [0.05, 0.1) is 11.4 Å². The molecule has 1 atom stereocenters. The number of hydrogen-bond donors (Lipinski definition) is 2. The van der Waals surface area contributed by atoms with E-state index in [-0.39, 0.29) is 11.8 Å². The summed E-state index contributed by atoms with van der Waals surface area (Å²) in [6, 6.07) is 17.2. The quantitative estimate of drug-likeness (QED) is 0.877. The molecule has 2 aliphatic heterocycles. The van der Waals surface area contributed by atoms with Crippen molar-refractivity contribution in [3.8, 4) is 0 Å². The summed E-state index contributed by atoms with van der Waals surface area (Å²) in [7, 11) is 1.55. The maximum atomic E-state index is 13.0. The summed E-state index contributed by atoms with van der Waals surface area (Å²) < 4.78 is 5.47. The number of amides is 2. The minimum atomic E-state index is -0.666. The molecule has 0 aliphatic carbocycles. The predicted octanol–water partition coefficient (Wildman–Crippen LogP) is 2.80. The van der Waals surface area contributed by atoms with Crippen molar-refractivity contribution in [2.45, 2.75) is 24.5 Å². The van der Waals surface area contributed by atoms with Gasteiger partial charge in [0, 0.05) is 20.2 Å². The van der Waals surface area contributed by atoms with Gasteiger partial charge in [0.15, 0.2) is 6.10 Å². The second-order valence-corrected chi connectivity index (χ2v) is 7.06. The fourth-order valence-corrected chi connectivity index (χ4v) is 3.89. The molecule has 0 radical (unpaired) electrons. The number of para-hydroxylation sites is 2. The van der Waals surface area contributed by atoms with Crippen molar-refractivity contribution in [2.24, 2.45) is 0 Å². The van der Waals surface area contributed by atoms with Gasteiger partial charge in [-0.15, -0.1) is 0 Å². The summed E-state index contributed by atoms with van der Waals surface area (Å²) in [4.78, 5) is 27.5. The SMILES string of the molecule is COC(C(=O)N1CCC2(CC1)Nc1ccccc1NC2=O)c1ccccc1. The molecule has 4 rings (SSSR count). The number of fused-ring (bicyclic) bond motifs is 1. The monoisotopic (exact) mass is 365 g/mol. The number of likely N-dealkylation sites (tertiary alicyclic amines) is 1. The fraction of sp³-hybridized carbons (Fsp3) is 0.333. The van der Waals surface area contributed by atoms with Gasteiger partial charge in [-0.3, -0.25) is 9.59 Å². The molecule has 1 saturated heterocycles. The lowest BCUT2D eigenvalue weighted by molar-refractivity contribution is -0.145. The second-order valence-electron chi connectivity index (χ2n) is 7.06. The standard InChI is InChI=1S/C21H23N3O3/c1-27-18(15-7-3-2-4-8-15)19(25)24-13-11-21(12-14-24)20(26)22-16-9-5-6-10-17(16)23-21/h2-10,18,23H,11-14H2,1H3,(H,22,26). The third-order valence-corrected chi connectivity index (χ3v) is 5.47. The summed E-state index contributed by atoms with van der Waals surface area (Å²) in [5, 5.41) is 6.41. The van der Waals surface area contributed by atoms with Crippen LogP contribution in [0.4, 0.5) is 11.4 Å². The maximum Gasteiger partial charge on any atom is 0.256 e. The number of anilines is 2. The van der Waals surface area contributed by atoms with Crippen LogP contribution in [-0.2, 0) is 14.3 Å². The van der Waals surface area contributed by atoms with Gasteiger partial charge in [0.25, 0.3) is 5.91 Å². The molecule has 2 aromatic rings. The van der Waals surface area contributed by atoms with Crippen molar-refractivity contribution in [2.75, 3.05) is 30.8 Å². The minimum absolute atomic E-state index is 0.0281. The van der Waals surface area contributed by atoms with Crippen LogP contribution in [0.15, 0.2) is 54.6 Å². The molecule has 140 valence electrons. The molecule has 27 heavy (non-hydrogen) atoms. The van der Waals surface area contributed by atoms with Crippen LogP contribution in [-0.4, -0.2) is 42.5 Å². The van der Waals surface area contributed by atoms with E-state index in [1.807, 2.05) is 54.6 Å². The van der Waals surface area contributed by atoms with Gasteiger partial charge in [0.1, 0.15) is 5.54 Å². The van der Waals surface area contributed by atoms with Crippen LogP contribution in [0.1, 0.15) is 24.5 Å². The molecule has 2 amide bonds. The molecule has 6 nitrogen and oxygen atoms in total. The lowest BCUT2D eigenvalue weighted by Gasteiger charge is -2.44. The molecule has 0 aromatic heterocycles. The Morgan fingerprint density at radius 3 is 2.33 bits per heavy atom. The normalized spacial score (nSPS) is 19.0. The van der Waals surface area contributed by atoms with Gasteiger partial charge in [-0.25, -0.2) is 0 Å². The summed E-state index contributed by atoms with van der Waals surface area (Å²) in [5.41, 5.74) is 1.90. The van der Waals surface area contributed by atoms with Crippen molar-refractivity contribution < 1.29 is 14.3 Å². The van der Waals surface area contributed by atoms with E-state index in [1.165, 1.54) is 0 Å². The molecule has 2 aromatic carbocycles. The van der Waals surface area contributed by atoms with Gasteiger partial charge in [-0.2, -0.15) is 0 Å². The first-order valence-electron chi connectivity index (χ1n) is 9.18. The Hall–Kier alpha value is -2.86. The highest BCUT2D eigenvalue weighted by Gasteiger charge is 2.45. The lowest BCUT2D eigenvalue weighted by atomic mass is 9.84. The van der Waals surface area contributed by atoms with Crippen LogP contribution >= 0.6 is 0 Å². The molecular weight excluding hydrogens is 342 g/mol. The van der Waals surface area contributed by atoms with E-state index in [9.17, 15) is 9.59 Å². The van der Waals surface area contributed by atoms with Gasteiger partial charge in [0.2, 0.25) is 5.91 Å². The highest BCUT2D eigenvalue weighted by Crippen LogP contribution is 2.36. The van der Waals surface area contributed by atoms with Gasteiger partial charge in [-0.1, -0.05) is 42.5 Å². The van der Waals surface area contributed by atoms with E-state index in [1.54, 1.807) is 12.0 Å². The van der Waals surface area contributed by atoms with Gasteiger partial charge >= 0.3 is 0 Å². The van der Waals surface area contributed by atoms with Gasteiger partial charge in [-0.05, 0) is 30.5 Å². The molecule has 2 aliphatic rings. The van der Waals surface area contributed by atoms with E-state index in [0.717, 1.165) is 16.9 Å². The van der Waals surface area contributed by atoms with Crippen molar-refractivity contribution in [1.82, 2.24) is 4.90 Å². The molecule has 2 N–H and O–H groups in total. The fourth-order valence-electron chi connectivity index (χ4n) is 3.89. The molecule has 1 spiro atoms. The lowest BCUT2D eigenvalue weighted by Crippen LogP contribution is -2.59. The molecular formula is C21H23N3O3. The average molecular weight is 365 g/mol. The first-order valence-corrected chi connectivity index (χ1v) is 9.18. The first kappa shape index (κ1) is 17.5. The number of nitrogens with one attached hydrogen (secondary N) is 2. The number of rotatable bonds is 3. The number of methoxy groups -OCH3 is 1. The maximum absolute atomic E-state index is 13.0. The predicted molar refractivity (Wildman–Crippen MR) is 103 cm³/mol. The van der Waals surface area contributed by atoms with Crippen molar-refractivity contribution in [3.63, 3.8) is 0 Å². The highest BCUT2D eigenvalue weighted by molar-refractivity contribution is 6.06. The minimum Gasteiger partial charge on any atom is -0.369 e. The largest absolute Gasteiger partial charge is 0.369 e. The Kier molecular flexibility index (Phi) is 4.58. The van der Waals surface area contributed by atoms with Gasteiger partial charge < -0.3 is 20.3 Å². The smallest absolute Gasteiger partial charge is 0.256 e. The zero-order chi connectivity index (χ0) is 18.9. The first-order chi connectivity index (χ1) is 13.1. The summed E-state index contributed by atoms with van der Waals surface area (Å²) >= 11 is 0. The second kappa shape index (κ2) is 7.04. The number of carbonyl (C=O) groups excluding carboxylic acids is 2. The average Bonchev–Trinajstić information content (AvgIpc) is 2.71. The Morgan fingerprint density at radius 2 is 1.67 bits per heavy atom. The Balaban J connectivity index is 1.47. The van der Waals surface area contributed by atoms with Crippen molar-refractivity contribution >= 4 is 23.2 Å². The molecule has 1 fully saturated rings. The van der Waals surface area contributed by atoms with Crippen LogP contribution in [0.25, 0.3) is 0 Å². The zero-order valence-electron chi connectivity index (χ0n) is 15.3. The number of benzene rings is 2. The topological polar surface area (TPSA) is 70.7 Å². The molecule has 6 heteroatoms. The zero-order valence-corrected chi connectivity index (χ0v) is 15.3. The van der Waals surface area contributed by atoms with Crippen LogP contribution in [0.5, 0.6) is 0 Å². The van der Waals surface area contributed by atoms with E-state index in [2.05, 4.69) is 10.6 Å². The number of hydrogen-bond acceptors (Lipinski definition) is 4. The third-order valence-electron chi connectivity index (χ3n) is 5.47. The van der Waals surface area contributed by atoms with Crippen LogP contribution < -0.4 is 10.6 Å². The van der Waals surface area contributed by atoms with Crippen molar-refractivity contribution in [3.05, 3.63) is 60.2 Å². The van der Waals surface area contributed by atoms with Crippen LogP contribution in [0.2, 0.25) is 0 Å². The van der Waals surface area contributed by atoms with Crippen LogP contribution in [0.3, 0.4) is 0 Å². The highest BCUT2D eigenvalue weighted by atomic mass is 16.5. The Bertz CT molecular complexity index is 845. The molecule has 1 unspecified atom stereocenters. The van der Waals surface area contributed by atoms with E-state index in [0.29, 0.717) is 25.9 Å². The van der Waals surface area contributed by atoms with E-state index >= 15 is 0 Å². The third kappa shape index (κ3) is 3.17.